The highest BCUT2D eigenvalue weighted by Gasteiger charge is 2.42. The van der Waals surface area contributed by atoms with Crippen LogP contribution in [0.1, 0.15) is 58.4 Å². The molecule has 0 heterocycles. The van der Waals surface area contributed by atoms with Gasteiger partial charge in [0.2, 0.25) is 0 Å². The van der Waals surface area contributed by atoms with Crippen LogP contribution in [0.4, 0.5) is 0 Å². The second-order valence-electron chi connectivity index (χ2n) is 8.39. The van der Waals surface area contributed by atoms with Gasteiger partial charge in [-0.25, -0.2) is 0 Å². The Morgan fingerprint density at radius 2 is 1.68 bits per heavy atom. The minimum atomic E-state index is 0.224. The number of benzene rings is 1. The molecule has 2 rings (SSSR count). The molecule has 22 heavy (non-hydrogen) atoms. The molecule has 0 saturated heterocycles. The van der Waals surface area contributed by atoms with Gasteiger partial charge in [-0.1, -0.05) is 58.0 Å². The molecule has 1 heteroatoms. The Labute approximate surface area is 138 Å². The Morgan fingerprint density at radius 1 is 1.14 bits per heavy atom. The third-order valence-electron chi connectivity index (χ3n) is 6.02. The van der Waals surface area contributed by atoms with Gasteiger partial charge in [-0.15, -0.1) is 0 Å². The Kier molecular flexibility index (Phi) is 5.37. The van der Waals surface area contributed by atoms with Crippen LogP contribution in [0, 0.1) is 24.2 Å². The van der Waals surface area contributed by atoms with E-state index in [1.165, 1.54) is 31.2 Å². The van der Waals surface area contributed by atoms with Crippen LogP contribution in [-0.2, 0) is 5.54 Å². The van der Waals surface area contributed by atoms with Gasteiger partial charge in [0, 0.05) is 5.54 Å². The number of nitrogens with zero attached hydrogens (tertiary/aromatic N) is 1. The highest BCUT2D eigenvalue weighted by molar-refractivity contribution is 5.25. The summed E-state index contributed by atoms with van der Waals surface area (Å²) in [5, 5.41) is 0. The van der Waals surface area contributed by atoms with E-state index in [2.05, 4.69) is 77.0 Å². The van der Waals surface area contributed by atoms with Crippen molar-refractivity contribution in [2.75, 3.05) is 14.1 Å². The Hall–Kier alpha value is -0.820. The molecule has 1 aliphatic carbocycles. The second-order valence-corrected chi connectivity index (χ2v) is 8.39. The van der Waals surface area contributed by atoms with Gasteiger partial charge in [0.25, 0.3) is 0 Å². The molecule has 0 aromatic heterocycles. The fourth-order valence-electron chi connectivity index (χ4n) is 4.64. The van der Waals surface area contributed by atoms with Crippen molar-refractivity contribution < 1.29 is 0 Å². The molecule has 0 bridgehead atoms. The van der Waals surface area contributed by atoms with Gasteiger partial charge in [0.15, 0.2) is 0 Å². The summed E-state index contributed by atoms with van der Waals surface area (Å²) >= 11 is 0. The van der Waals surface area contributed by atoms with E-state index in [0.717, 1.165) is 18.3 Å². The zero-order chi connectivity index (χ0) is 16.4. The molecule has 123 valence electrons. The molecule has 1 aromatic carbocycles. The first kappa shape index (κ1) is 17.5. The summed E-state index contributed by atoms with van der Waals surface area (Å²) in [6, 6.07) is 11.1. The minimum absolute atomic E-state index is 0.224. The summed E-state index contributed by atoms with van der Waals surface area (Å²) in [5.41, 5.74) is 2.08. The molecule has 0 aliphatic heterocycles. The summed E-state index contributed by atoms with van der Waals surface area (Å²) in [4.78, 5) is 2.45. The molecule has 1 aromatic rings. The Bertz CT molecular complexity index is 447. The van der Waals surface area contributed by atoms with Crippen molar-refractivity contribution >= 4 is 0 Å². The van der Waals surface area contributed by atoms with Crippen LogP contribution in [0.15, 0.2) is 30.3 Å². The summed E-state index contributed by atoms with van der Waals surface area (Å²) in [7, 11) is 4.49. The SMILES string of the molecule is [CH2]CC(C1CCC(c2ccccc2)(N(C)C)CC1)C(C)(C)C. The van der Waals surface area contributed by atoms with E-state index in [1.54, 1.807) is 0 Å². The smallest absolute Gasteiger partial charge is 0.0455 e. The zero-order valence-corrected chi connectivity index (χ0v) is 15.2. The van der Waals surface area contributed by atoms with E-state index >= 15 is 0 Å². The van der Waals surface area contributed by atoms with Crippen LogP contribution < -0.4 is 0 Å². The van der Waals surface area contributed by atoms with E-state index in [-0.39, 0.29) is 5.54 Å². The first-order valence-electron chi connectivity index (χ1n) is 8.83. The number of rotatable bonds is 4. The van der Waals surface area contributed by atoms with Gasteiger partial charge >= 0.3 is 0 Å². The Balaban J connectivity index is 2.18. The minimum Gasteiger partial charge on any atom is -0.300 e. The Morgan fingerprint density at radius 3 is 2.09 bits per heavy atom. The van der Waals surface area contributed by atoms with Crippen LogP contribution in [0.25, 0.3) is 0 Å². The monoisotopic (exact) mass is 300 g/mol. The summed E-state index contributed by atoms with van der Waals surface area (Å²) < 4.78 is 0. The van der Waals surface area contributed by atoms with Crippen molar-refractivity contribution in [3.8, 4) is 0 Å². The van der Waals surface area contributed by atoms with Crippen LogP contribution in [0.5, 0.6) is 0 Å². The molecular formula is C21H34N. The van der Waals surface area contributed by atoms with Crippen molar-refractivity contribution in [1.29, 1.82) is 0 Å². The third kappa shape index (κ3) is 3.40. The van der Waals surface area contributed by atoms with Crippen molar-refractivity contribution in [1.82, 2.24) is 4.90 Å². The molecule has 1 unspecified atom stereocenters. The highest BCUT2D eigenvalue weighted by Crippen LogP contribution is 2.48. The van der Waals surface area contributed by atoms with Crippen molar-refractivity contribution in [3.05, 3.63) is 42.8 Å². The zero-order valence-electron chi connectivity index (χ0n) is 15.2. The quantitative estimate of drug-likeness (QED) is 0.707. The lowest BCUT2D eigenvalue weighted by molar-refractivity contribution is 0.0371. The predicted octanol–water partition coefficient (Wildman–Crippen LogP) is 5.52. The van der Waals surface area contributed by atoms with Crippen LogP contribution >= 0.6 is 0 Å². The third-order valence-corrected chi connectivity index (χ3v) is 6.02. The maximum Gasteiger partial charge on any atom is 0.0455 e. The lowest BCUT2D eigenvalue weighted by Gasteiger charge is -2.48. The molecule has 1 atom stereocenters. The van der Waals surface area contributed by atoms with E-state index in [9.17, 15) is 0 Å². The van der Waals surface area contributed by atoms with Gasteiger partial charge in [-0.05, 0) is 69.0 Å². The van der Waals surface area contributed by atoms with E-state index in [4.69, 9.17) is 0 Å². The largest absolute Gasteiger partial charge is 0.300 e. The van der Waals surface area contributed by atoms with Crippen molar-refractivity contribution in [2.24, 2.45) is 17.3 Å². The molecule has 0 amide bonds. The molecule has 0 spiro atoms. The summed E-state index contributed by atoms with van der Waals surface area (Å²) in [5.74, 6) is 1.57. The van der Waals surface area contributed by atoms with Gasteiger partial charge < -0.3 is 0 Å². The first-order chi connectivity index (χ1) is 10.3. The predicted molar refractivity (Wildman–Crippen MR) is 96.7 cm³/mol. The van der Waals surface area contributed by atoms with Gasteiger partial charge in [0.05, 0.1) is 0 Å². The second kappa shape index (κ2) is 6.74. The fraction of sp³-hybridized carbons (Fsp3) is 0.667. The molecular weight excluding hydrogens is 266 g/mol. The molecule has 1 nitrogen and oxygen atoms in total. The molecule has 1 fully saturated rings. The average Bonchev–Trinajstić information content (AvgIpc) is 2.48. The fourth-order valence-corrected chi connectivity index (χ4v) is 4.64. The normalized spacial score (nSPS) is 27.9. The summed E-state index contributed by atoms with van der Waals surface area (Å²) in [6.45, 7) is 11.4. The summed E-state index contributed by atoms with van der Waals surface area (Å²) in [6.07, 6.45) is 6.24. The van der Waals surface area contributed by atoms with E-state index in [0.29, 0.717) is 5.41 Å². The van der Waals surface area contributed by atoms with Crippen molar-refractivity contribution in [2.45, 2.75) is 58.4 Å². The first-order valence-corrected chi connectivity index (χ1v) is 8.83. The lowest BCUT2D eigenvalue weighted by Crippen LogP contribution is -2.46. The molecule has 1 saturated carbocycles. The lowest BCUT2D eigenvalue weighted by atomic mass is 9.63. The van der Waals surface area contributed by atoms with Gasteiger partial charge in [-0.3, -0.25) is 4.90 Å². The molecule has 0 N–H and O–H groups in total. The molecule has 1 aliphatic rings. The number of hydrogen-bond acceptors (Lipinski definition) is 1. The standard InChI is InChI=1S/C21H34N/c1-7-19(20(2,3)4)17-13-15-21(16-14-17,22(5)6)18-11-9-8-10-12-18/h8-12,17,19H,1,7,13-16H2,2-6H3. The topological polar surface area (TPSA) is 3.24 Å². The van der Waals surface area contributed by atoms with Crippen molar-refractivity contribution in [3.63, 3.8) is 0 Å². The van der Waals surface area contributed by atoms with Crippen LogP contribution in [0.3, 0.4) is 0 Å². The van der Waals surface area contributed by atoms with Crippen LogP contribution in [0.2, 0.25) is 0 Å². The van der Waals surface area contributed by atoms with Crippen LogP contribution in [-0.4, -0.2) is 19.0 Å². The van der Waals surface area contributed by atoms with Gasteiger partial charge in [0.1, 0.15) is 0 Å². The van der Waals surface area contributed by atoms with E-state index in [1.807, 2.05) is 0 Å². The highest BCUT2D eigenvalue weighted by atomic mass is 15.1. The maximum absolute atomic E-state index is 4.25. The van der Waals surface area contributed by atoms with E-state index < -0.39 is 0 Å². The molecule has 1 radical (unpaired) electrons. The van der Waals surface area contributed by atoms with Gasteiger partial charge in [-0.2, -0.15) is 0 Å². The maximum atomic E-state index is 4.25. The number of hydrogen-bond donors (Lipinski definition) is 0. The average molecular weight is 301 g/mol.